The molecule has 0 bridgehead atoms. The molecule has 0 amide bonds. The predicted molar refractivity (Wildman–Crippen MR) is 105 cm³/mol. The molecule has 0 unspecified atom stereocenters. The van der Waals surface area contributed by atoms with Crippen LogP contribution in [-0.4, -0.2) is 11.6 Å². The van der Waals surface area contributed by atoms with E-state index in [0.717, 1.165) is 22.3 Å². The van der Waals surface area contributed by atoms with E-state index < -0.39 is 0 Å². The normalized spacial score (nSPS) is 10.5. The Hall–Kier alpha value is -3.20. The SMILES string of the molecule is CC(=O)Cc1ccc(C(=O)Cc2cc(-c3ccccc3)ccc2N)cc1. The highest BCUT2D eigenvalue weighted by atomic mass is 16.1. The van der Waals surface area contributed by atoms with E-state index in [-0.39, 0.29) is 18.0 Å². The zero-order valence-electron chi connectivity index (χ0n) is 14.7. The Morgan fingerprint density at radius 1 is 0.808 bits per heavy atom. The first-order valence-corrected chi connectivity index (χ1v) is 8.58. The smallest absolute Gasteiger partial charge is 0.167 e. The highest BCUT2D eigenvalue weighted by Crippen LogP contribution is 2.24. The number of carbonyl (C=O) groups is 2. The van der Waals surface area contributed by atoms with Crippen molar-refractivity contribution in [3.05, 3.63) is 89.5 Å². The van der Waals surface area contributed by atoms with Gasteiger partial charge in [0.15, 0.2) is 5.78 Å². The van der Waals surface area contributed by atoms with E-state index in [1.165, 1.54) is 0 Å². The van der Waals surface area contributed by atoms with Gasteiger partial charge >= 0.3 is 0 Å². The average Bonchev–Trinajstić information content (AvgIpc) is 2.64. The third kappa shape index (κ3) is 4.25. The molecule has 3 aromatic rings. The monoisotopic (exact) mass is 343 g/mol. The van der Waals surface area contributed by atoms with Gasteiger partial charge in [0.2, 0.25) is 0 Å². The van der Waals surface area contributed by atoms with Crippen molar-refractivity contribution in [3.63, 3.8) is 0 Å². The Morgan fingerprint density at radius 2 is 1.50 bits per heavy atom. The van der Waals surface area contributed by atoms with Crippen LogP contribution in [-0.2, 0) is 17.6 Å². The standard InChI is InChI=1S/C23H21NO2/c1-16(25)13-17-7-9-19(10-8-17)23(26)15-21-14-20(11-12-22(21)24)18-5-3-2-4-6-18/h2-12,14H,13,15,24H2,1H3. The quantitative estimate of drug-likeness (QED) is 0.530. The Balaban J connectivity index is 1.79. The molecule has 3 heteroatoms. The fourth-order valence-electron chi connectivity index (χ4n) is 2.94. The number of ketones is 2. The first-order valence-electron chi connectivity index (χ1n) is 8.58. The number of hydrogen-bond donors (Lipinski definition) is 1. The Labute approximate surface area is 153 Å². The van der Waals surface area contributed by atoms with Gasteiger partial charge in [0.25, 0.3) is 0 Å². The van der Waals surface area contributed by atoms with Crippen molar-refractivity contribution in [2.45, 2.75) is 19.8 Å². The van der Waals surface area contributed by atoms with Crippen molar-refractivity contribution in [1.82, 2.24) is 0 Å². The molecule has 0 aromatic heterocycles. The second-order valence-corrected chi connectivity index (χ2v) is 6.46. The maximum Gasteiger partial charge on any atom is 0.167 e. The summed E-state index contributed by atoms with van der Waals surface area (Å²) in [6, 6.07) is 23.0. The van der Waals surface area contributed by atoms with Crippen molar-refractivity contribution < 1.29 is 9.59 Å². The van der Waals surface area contributed by atoms with E-state index in [9.17, 15) is 9.59 Å². The summed E-state index contributed by atoms with van der Waals surface area (Å²) < 4.78 is 0. The molecule has 0 spiro atoms. The van der Waals surface area contributed by atoms with Crippen LogP contribution in [0.3, 0.4) is 0 Å². The first-order chi connectivity index (χ1) is 12.5. The summed E-state index contributed by atoms with van der Waals surface area (Å²) in [6.45, 7) is 1.56. The summed E-state index contributed by atoms with van der Waals surface area (Å²) in [5.41, 5.74) is 11.2. The zero-order valence-corrected chi connectivity index (χ0v) is 14.7. The second-order valence-electron chi connectivity index (χ2n) is 6.46. The maximum atomic E-state index is 12.6. The summed E-state index contributed by atoms with van der Waals surface area (Å²) in [5.74, 6) is 0.117. The molecule has 3 nitrogen and oxygen atoms in total. The molecule has 0 radical (unpaired) electrons. The molecule has 0 fully saturated rings. The topological polar surface area (TPSA) is 60.2 Å². The van der Waals surface area contributed by atoms with Gasteiger partial charge < -0.3 is 5.73 Å². The van der Waals surface area contributed by atoms with Crippen LogP contribution >= 0.6 is 0 Å². The van der Waals surface area contributed by atoms with Crippen molar-refractivity contribution in [1.29, 1.82) is 0 Å². The summed E-state index contributed by atoms with van der Waals surface area (Å²) in [7, 11) is 0. The molecule has 2 N–H and O–H groups in total. The number of nitrogen functional groups attached to an aromatic ring is 1. The molecule has 0 aliphatic rings. The highest BCUT2D eigenvalue weighted by Gasteiger charge is 2.11. The van der Waals surface area contributed by atoms with Gasteiger partial charge in [0.05, 0.1) is 0 Å². The minimum Gasteiger partial charge on any atom is -0.398 e. The van der Waals surface area contributed by atoms with Crippen LogP contribution in [0.4, 0.5) is 5.69 Å². The third-order valence-corrected chi connectivity index (χ3v) is 4.33. The Bertz CT molecular complexity index is 928. The number of carbonyl (C=O) groups excluding carboxylic acids is 2. The van der Waals surface area contributed by atoms with E-state index in [4.69, 9.17) is 5.73 Å². The Morgan fingerprint density at radius 3 is 2.15 bits per heavy atom. The number of rotatable bonds is 6. The van der Waals surface area contributed by atoms with Crippen LogP contribution < -0.4 is 5.73 Å². The number of Topliss-reactive ketones (excluding diaryl/α,β-unsaturated/α-hetero) is 2. The third-order valence-electron chi connectivity index (χ3n) is 4.33. The number of benzene rings is 3. The molecule has 0 heterocycles. The Kier molecular flexibility index (Phi) is 5.28. The van der Waals surface area contributed by atoms with E-state index >= 15 is 0 Å². The molecule has 0 atom stereocenters. The highest BCUT2D eigenvalue weighted by molar-refractivity contribution is 5.98. The molecule has 0 aliphatic carbocycles. The summed E-state index contributed by atoms with van der Waals surface area (Å²) in [4.78, 5) is 23.8. The van der Waals surface area contributed by atoms with Gasteiger partial charge in [-0.1, -0.05) is 60.7 Å². The molecular weight excluding hydrogens is 322 g/mol. The van der Waals surface area contributed by atoms with Crippen LogP contribution in [0.25, 0.3) is 11.1 Å². The molecule has 26 heavy (non-hydrogen) atoms. The van der Waals surface area contributed by atoms with Crippen LogP contribution in [0.15, 0.2) is 72.8 Å². The van der Waals surface area contributed by atoms with Crippen molar-refractivity contribution in [2.24, 2.45) is 0 Å². The minimum absolute atomic E-state index is 0.0105. The van der Waals surface area contributed by atoms with E-state index in [1.54, 1.807) is 19.1 Å². The van der Waals surface area contributed by atoms with Gasteiger partial charge in [-0.2, -0.15) is 0 Å². The van der Waals surface area contributed by atoms with Crippen LogP contribution in [0.2, 0.25) is 0 Å². The number of anilines is 1. The van der Waals surface area contributed by atoms with Crippen LogP contribution in [0.1, 0.15) is 28.4 Å². The zero-order chi connectivity index (χ0) is 18.5. The van der Waals surface area contributed by atoms with Crippen LogP contribution in [0, 0.1) is 0 Å². The average molecular weight is 343 g/mol. The predicted octanol–water partition coefficient (Wildman–Crippen LogP) is 4.49. The van der Waals surface area contributed by atoms with Gasteiger partial charge in [0, 0.05) is 24.1 Å². The van der Waals surface area contributed by atoms with Gasteiger partial charge in [0.1, 0.15) is 5.78 Å². The molecule has 0 saturated carbocycles. The van der Waals surface area contributed by atoms with E-state index in [0.29, 0.717) is 17.7 Å². The molecule has 0 aliphatic heterocycles. The van der Waals surface area contributed by atoms with Gasteiger partial charge in [-0.3, -0.25) is 9.59 Å². The lowest BCUT2D eigenvalue weighted by Gasteiger charge is -2.09. The summed E-state index contributed by atoms with van der Waals surface area (Å²) in [6.07, 6.45) is 0.638. The molecule has 3 aromatic carbocycles. The number of hydrogen-bond acceptors (Lipinski definition) is 3. The lowest BCUT2D eigenvalue weighted by Crippen LogP contribution is -2.06. The fraction of sp³-hybridized carbons (Fsp3) is 0.130. The molecule has 130 valence electrons. The summed E-state index contributed by atoms with van der Waals surface area (Å²) >= 11 is 0. The maximum absolute atomic E-state index is 12.6. The lowest BCUT2D eigenvalue weighted by molar-refractivity contribution is -0.116. The fourth-order valence-corrected chi connectivity index (χ4v) is 2.94. The number of nitrogens with two attached hydrogens (primary N) is 1. The van der Waals surface area contributed by atoms with Gasteiger partial charge in [-0.15, -0.1) is 0 Å². The van der Waals surface area contributed by atoms with Crippen LogP contribution in [0.5, 0.6) is 0 Å². The first kappa shape index (κ1) is 17.6. The molecular formula is C23H21NO2. The van der Waals surface area contributed by atoms with Gasteiger partial charge in [-0.25, -0.2) is 0 Å². The van der Waals surface area contributed by atoms with E-state index in [1.807, 2.05) is 60.7 Å². The summed E-state index contributed by atoms with van der Waals surface area (Å²) in [5, 5.41) is 0. The lowest BCUT2D eigenvalue weighted by atomic mass is 9.96. The molecule has 3 rings (SSSR count). The largest absolute Gasteiger partial charge is 0.398 e. The van der Waals surface area contributed by atoms with Crippen molar-refractivity contribution in [3.8, 4) is 11.1 Å². The van der Waals surface area contributed by atoms with Crippen molar-refractivity contribution >= 4 is 17.3 Å². The minimum atomic E-state index is 0.0105. The van der Waals surface area contributed by atoms with Crippen molar-refractivity contribution in [2.75, 3.05) is 5.73 Å². The molecule has 0 saturated heterocycles. The van der Waals surface area contributed by atoms with E-state index in [2.05, 4.69) is 0 Å². The second kappa shape index (κ2) is 7.79. The van der Waals surface area contributed by atoms with Gasteiger partial charge in [-0.05, 0) is 41.3 Å².